The first-order chi connectivity index (χ1) is 12.1. The smallest absolute Gasteiger partial charge is 0.214 e. The lowest BCUT2D eigenvalue weighted by Gasteiger charge is -2.17. The van der Waals surface area contributed by atoms with Gasteiger partial charge < -0.3 is 10.1 Å². The molecule has 0 aliphatic heterocycles. The molecule has 1 aromatic carbocycles. The van der Waals surface area contributed by atoms with E-state index in [1.165, 1.54) is 0 Å². The Morgan fingerprint density at radius 2 is 2.00 bits per heavy atom. The van der Waals surface area contributed by atoms with E-state index in [4.69, 9.17) is 10.00 Å². The minimum atomic E-state index is 0.0222. The Kier molecular flexibility index (Phi) is 4.75. The number of nitriles is 1. The molecule has 0 aliphatic carbocycles. The summed E-state index contributed by atoms with van der Waals surface area (Å²) in [5, 5.41) is 13.2. The number of benzene rings is 1. The third kappa shape index (κ3) is 3.66. The van der Waals surface area contributed by atoms with Crippen LogP contribution in [0.4, 0.5) is 5.82 Å². The van der Waals surface area contributed by atoms with Crippen LogP contribution >= 0.6 is 0 Å². The number of rotatable bonds is 5. The predicted octanol–water partition coefficient (Wildman–Crippen LogP) is 3.78. The lowest BCUT2D eigenvalue weighted by molar-refractivity contribution is 0.327. The van der Waals surface area contributed by atoms with Gasteiger partial charge in [0.25, 0.3) is 0 Å². The molecule has 0 spiro atoms. The molecule has 0 saturated heterocycles. The monoisotopic (exact) mass is 333 g/mol. The second-order valence-corrected chi connectivity index (χ2v) is 5.69. The van der Waals surface area contributed by atoms with E-state index in [1.54, 1.807) is 6.20 Å². The van der Waals surface area contributed by atoms with Crippen LogP contribution in [0, 0.1) is 18.3 Å². The zero-order chi connectivity index (χ0) is 17.8. The molecule has 6 heteroatoms. The molecule has 1 atom stereocenters. The van der Waals surface area contributed by atoms with E-state index in [0.29, 0.717) is 23.9 Å². The summed E-state index contributed by atoms with van der Waals surface area (Å²) in [6.07, 6.45) is 1.70. The molecule has 0 fully saturated rings. The third-order valence-corrected chi connectivity index (χ3v) is 3.85. The molecule has 3 rings (SSSR count). The first kappa shape index (κ1) is 16.7. The molecule has 126 valence electrons. The van der Waals surface area contributed by atoms with Crippen molar-refractivity contribution in [3.8, 4) is 11.9 Å². The van der Waals surface area contributed by atoms with Gasteiger partial charge in [0.2, 0.25) is 5.88 Å². The van der Waals surface area contributed by atoms with Gasteiger partial charge in [-0.3, -0.25) is 0 Å². The second-order valence-electron chi connectivity index (χ2n) is 5.69. The fraction of sp³-hybridized carbons (Fsp3) is 0.263. The molecule has 0 radical (unpaired) electrons. The number of ether oxygens (including phenoxy) is 1. The molecule has 6 nitrogen and oxygen atoms in total. The van der Waals surface area contributed by atoms with Gasteiger partial charge in [-0.25, -0.2) is 15.0 Å². The van der Waals surface area contributed by atoms with Crippen molar-refractivity contribution in [2.45, 2.75) is 26.8 Å². The summed E-state index contributed by atoms with van der Waals surface area (Å²) in [4.78, 5) is 13.2. The van der Waals surface area contributed by atoms with Crippen molar-refractivity contribution < 1.29 is 4.74 Å². The van der Waals surface area contributed by atoms with E-state index in [2.05, 4.69) is 33.3 Å². The lowest BCUT2D eigenvalue weighted by Crippen LogP contribution is -2.10. The number of hydrogen-bond acceptors (Lipinski definition) is 6. The van der Waals surface area contributed by atoms with Crippen LogP contribution < -0.4 is 10.1 Å². The molecular formula is C19H19N5O. The largest absolute Gasteiger partial charge is 0.478 e. The normalized spacial score (nSPS) is 11.8. The Bertz CT molecular complexity index is 931. The summed E-state index contributed by atoms with van der Waals surface area (Å²) in [7, 11) is 0. The highest BCUT2D eigenvalue weighted by atomic mass is 16.5. The van der Waals surface area contributed by atoms with E-state index in [9.17, 15) is 0 Å². The average molecular weight is 333 g/mol. The molecule has 0 amide bonds. The number of nitrogens with one attached hydrogen (secondary N) is 1. The van der Waals surface area contributed by atoms with Crippen molar-refractivity contribution >= 4 is 16.7 Å². The Labute approximate surface area is 146 Å². The number of aromatic nitrogens is 3. The summed E-state index contributed by atoms with van der Waals surface area (Å²) in [6.45, 7) is 6.38. The Hall–Kier alpha value is -3.20. The number of nitrogens with zero attached hydrogens (tertiary/aromatic N) is 4. The number of aryl methyl sites for hydroxylation is 1. The van der Waals surface area contributed by atoms with Gasteiger partial charge in [-0.15, -0.1) is 0 Å². The maximum atomic E-state index is 8.92. The van der Waals surface area contributed by atoms with Crippen LogP contribution in [0.15, 0.2) is 36.5 Å². The van der Waals surface area contributed by atoms with Gasteiger partial charge in [-0.2, -0.15) is 5.26 Å². The molecular weight excluding hydrogens is 314 g/mol. The van der Waals surface area contributed by atoms with Crippen molar-refractivity contribution in [2.75, 3.05) is 11.9 Å². The lowest BCUT2D eigenvalue weighted by atomic mass is 10.1. The van der Waals surface area contributed by atoms with Crippen molar-refractivity contribution in [1.29, 1.82) is 5.26 Å². The van der Waals surface area contributed by atoms with Crippen LogP contribution in [0.1, 0.15) is 36.8 Å². The highest BCUT2D eigenvalue weighted by Gasteiger charge is 2.12. The maximum Gasteiger partial charge on any atom is 0.214 e. The molecule has 0 bridgehead atoms. The average Bonchev–Trinajstić information content (AvgIpc) is 2.62. The topological polar surface area (TPSA) is 83.7 Å². The van der Waals surface area contributed by atoms with E-state index in [1.807, 2.05) is 44.2 Å². The van der Waals surface area contributed by atoms with E-state index in [-0.39, 0.29) is 6.04 Å². The third-order valence-electron chi connectivity index (χ3n) is 3.85. The Morgan fingerprint density at radius 3 is 2.68 bits per heavy atom. The minimum absolute atomic E-state index is 0.0222. The van der Waals surface area contributed by atoms with Crippen molar-refractivity contribution in [2.24, 2.45) is 0 Å². The summed E-state index contributed by atoms with van der Waals surface area (Å²) >= 11 is 0. The molecule has 2 aromatic heterocycles. The molecule has 2 heterocycles. The van der Waals surface area contributed by atoms with Crippen molar-refractivity contribution in [3.63, 3.8) is 0 Å². The first-order valence-electron chi connectivity index (χ1n) is 8.14. The summed E-state index contributed by atoms with van der Waals surface area (Å²) in [6, 6.07) is 11.5. The molecule has 3 aromatic rings. The fourth-order valence-electron chi connectivity index (χ4n) is 2.60. The molecule has 1 unspecified atom stereocenters. The highest BCUT2D eigenvalue weighted by Crippen LogP contribution is 2.27. The van der Waals surface area contributed by atoms with Gasteiger partial charge in [-0.1, -0.05) is 12.1 Å². The molecule has 0 saturated carbocycles. The Balaban J connectivity index is 1.95. The zero-order valence-corrected chi connectivity index (χ0v) is 14.4. The van der Waals surface area contributed by atoms with Gasteiger partial charge in [0.05, 0.1) is 30.0 Å². The van der Waals surface area contributed by atoms with Crippen molar-refractivity contribution in [1.82, 2.24) is 15.0 Å². The minimum Gasteiger partial charge on any atom is -0.478 e. The maximum absolute atomic E-state index is 8.92. The first-order valence-corrected chi connectivity index (χ1v) is 8.14. The zero-order valence-electron chi connectivity index (χ0n) is 14.4. The number of fused-ring (bicyclic) bond motifs is 1. The van der Waals surface area contributed by atoms with Crippen LogP contribution in [0.5, 0.6) is 5.88 Å². The fourth-order valence-corrected chi connectivity index (χ4v) is 2.60. The van der Waals surface area contributed by atoms with Crippen LogP contribution in [0.3, 0.4) is 0 Å². The predicted molar refractivity (Wildman–Crippen MR) is 96.4 cm³/mol. The molecule has 0 aliphatic rings. The quantitative estimate of drug-likeness (QED) is 0.765. The SMILES string of the molecule is CCOc1cc2c(NC(C)c3ccc(C#N)cc3)nc(C)nc2cn1. The number of anilines is 1. The van der Waals surface area contributed by atoms with E-state index in [0.717, 1.165) is 22.3 Å². The van der Waals surface area contributed by atoms with Crippen LogP contribution in [0.25, 0.3) is 10.9 Å². The van der Waals surface area contributed by atoms with Gasteiger partial charge in [0.15, 0.2) is 0 Å². The van der Waals surface area contributed by atoms with E-state index >= 15 is 0 Å². The van der Waals surface area contributed by atoms with Gasteiger partial charge >= 0.3 is 0 Å². The van der Waals surface area contributed by atoms with Gasteiger partial charge in [0.1, 0.15) is 11.6 Å². The van der Waals surface area contributed by atoms with Crippen molar-refractivity contribution in [3.05, 3.63) is 53.5 Å². The highest BCUT2D eigenvalue weighted by molar-refractivity contribution is 5.89. The second kappa shape index (κ2) is 7.14. The van der Waals surface area contributed by atoms with Crippen LogP contribution in [-0.2, 0) is 0 Å². The van der Waals surface area contributed by atoms with Crippen LogP contribution in [0.2, 0.25) is 0 Å². The molecule has 25 heavy (non-hydrogen) atoms. The Morgan fingerprint density at radius 1 is 1.24 bits per heavy atom. The van der Waals surface area contributed by atoms with Crippen LogP contribution in [-0.4, -0.2) is 21.6 Å². The van der Waals surface area contributed by atoms with E-state index < -0.39 is 0 Å². The standard InChI is InChI=1S/C19H19N5O/c1-4-25-18-9-16-17(11-21-18)23-13(3)24-19(16)22-12(2)15-7-5-14(10-20)6-8-15/h5-9,11-12H,4H2,1-3H3,(H,22,23,24). The summed E-state index contributed by atoms with van der Waals surface area (Å²) < 4.78 is 5.49. The number of pyridine rings is 1. The molecule has 1 N–H and O–H groups in total. The summed E-state index contributed by atoms with van der Waals surface area (Å²) in [5.41, 5.74) is 2.49. The van der Waals surface area contributed by atoms with Gasteiger partial charge in [-0.05, 0) is 38.5 Å². The summed E-state index contributed by atoms with van der Waals surface area (Å²) in [5.74, 6) is 1.97. The number of hydrogen-bond donors (Lipinski definition) is 1. The van der Waals surface area contributed by atoms with Gasteiger partial charge in [0, 0.05) is 17.5 Å².